The quantitative estimate of drug-likeness (QED) is 0.804. The highest BCUT2D eigenvalue weighted by Crippen LogP contribution is 2.22. The van der Waals surface area contributed by atoms with E-state index in [0.717, 1.165) is 24.1 Å². The fourth-order valence-electron chi connectivity index (χ4n) is 1.49. The molecule has 80 valence electrons. The van der Waals surface area contributed by atoms with E-state index in [2.05, 4.69) is 23.4 Å². The second-order valence-electron chi connectivity index (χ2n) is 3.57. The molecule has 1 aromatic carbocycles. The van der Waals surface area contributed by atoms with Gasteiger partial charge in [-0.15, -0.1) is 11.3 Å². The Kier molecular flexibility index (Phi) is 3.33. The summed E-state index contributed by atoms with van der Waals surface area (Å²) in [6.07, 6.45) is 2.17. The Bertz CT molecular complexity index is 505. The molecule has 2 nitrogen and oxygen atoms in total. The van der Waals surface area contributed by atoms with Crippen LogP contribution in [0.5, 0.6) is 0 Å². The zero-order valence-corrected chi connectivity index (χ0v) is 9.92. The first-order chi connectivity index (χ1) is 7.83. The molecule has 1 heterocycles. The van der Waals surface area contributed by atoms with Crippen LogP contribution in [0.4, 0.5) is 0 Å². The predicted molar refractivity (Wildman–Crippen MR) is 66.3 cm³/mol. The second-order valence-corrected chi connectivity index (χ2v) is 4.51. The lowest BCUT2D eigenvalue weighted by Gasteiger charge is -1.95. The van der Waals surface area contributed by atoms with Gasteiger partial charge in [-0.1, -0.05) is 19.1 Å². The number of hydrogen-bond acceptors (Lipinski definition) is 3. The third kappa shape index (κ3) is 2.29. The summed E-state index contributed by atoms with van der Waals surface area (Å²) < 4.78 is 0. The van der Waals surface area contributed by atoms with Crippen molar-refractivity contribution in [1.82, 2.24) is 4.98 Å². The number of hydrogen-bond donors (Lipinski definition) is 0. The maximum Gasteiger partial charge on any atom is 0.0991 e. The molecule has 0 aliphatic rings. The van der Waals surface area contributed by atoms with Gasteiger partial charge in [-0.2, -0.15) is 5.26 Å². The van der Waals surface area contributed by atoms with E-state index in [1.165, 1.54) is 5.01 Å². The summed E-state index contributed by atoms with van der Waals surface area (Å²) in [5.41, 5.74) is 2.78. The average molecular weight is 228 g/mol. The summed E-state index contributed by atoms with van der Waals surface area (Å²) >= 11 is 1.70. The maximum atomic E-state index is 8.71. The van der Waals surface area contributed by atoms with Gasteiger partial charge in [-0.25, -0.2) is 4.98 Å². The smallest absolute Gasteiger partial charge is 0.0991 e. The Morgan fingerprint density at radius 3 is 2.69 bits per heavy atom. The Morgan fingerprint density at radius 1 is 1.31 bits per heavy atom. The minimum absolute atomic E-state index is 0.688. The Balaban J connectivity index is 2.25. The summed E-state index contributed by atoms with van der Waals surface area (Å²) in [7, 11) is 0. The van der Waals surface area contributed by atoms with Crippen LogP contribution in [0.2, 0.25) is 0 Å². The highest BCUT2D eigenvalue weighted by Gasteiger charge is 2.03. The molecule has 0 fully saturated rings. The van der Waals surface area contributed by atoms with Crippen molar-refractivity contribution in [3.05, 3.63) is 40.2 Å². The molecule has 3 heteroatoms. The molecule has 0 saturated heterocycles. The summed E-state index contributed by atoms with van der Waals surface area (Å²) in [5.74, 6) is 0. The molecule has 0 N–H and O–H groups in total. The number of thiazole rings is 1. The van der Waals surface area contributed by atoms with Crippen molar-refractivity contribution in [3.63, 3.8) is 0 Å². The SMILES string of the molecule is CCCc1nc(-c2ccc(C#N)cc2)cs1. The van der Waals surface area contributed by atoms with Crippen molar-refractivity contribution in [1.29, 1.82) is 5.26 Å². The Labute approximate surface area is 99.2 Å². The molecule has 0 radical (unpaired) electrons. The predicted octanol–water partition coefficient (Wildman–Crippen LogP) is 3.63. The van der Waals surface area contributed by atoms with Crippen molar-refractivity contribution in [3.8, 4) is 17.3 Å². The molecule has 0 atom stereocenters. The molecule has 0 spiro atoms. The molecule has 2 aromatic rings. The normalized spacial score (nSPS) is 10.0. The van der Waals surface area contributed by atoms with Crippen LogP contribution in [0, 0.1) is 11.3 Å². The molecule has 16 heavy (non-hydrogen) atoms. The first-order valence-electron chi connectivity index (χ1n) is 5.28. The van der Waals surface area contributed by atoms with Crippen LogP contribution in [-0.2, 0) is 6.42 Å². The highest BCUT2D eigenvalue weighted by atomic mass is 32.1. The van der Waals surface area contributed by atoms with Gasteiger partial charge in [-0.3, -0.25) is 0 Å². The molecule has 0 aliphatic heterocycles. The molecule has 0 aliphatic carbocycles. The van der Waals surface area contributed by atoms with Crippen LogP contribution >= 0.6 is 11.3 Å². The van der Waals surface area contributed by atoms with Gasteiger partial charge < -0.3 is 0 Å². The number of aromatic nitrogens is 1. The van der Waals surface area contributed by atoms with Crippen molar-refractivity contribution in [2.45, 2.75) is 19.8 Å². The first kappa shape index (κ1) is 10.8. The van der Waals surface area contributed by atoms with Crippen LogP contribution in [0.1, 0.15) is 23.9 Å². The lowest BCUT2D eigenvalue weighted by molar-refractivity contribution is 0.910. The molecule has 2 rings (SSSR count). The molecule has 0 bridgehead atoms. The lowest BCUT2D eigenvalue weighted by Crippen LogP contribution is -1.83. The van der Waals surface area contributed by atoms with Crippen molar-refractivity contribution < 1.29 is 0 Å². The third-order valence-electron chi connectivity index (χ3n) is 2.33. The monoisotopic (exact) mass is 228 g/mol. The number of benzene rings is 1. The van der Waals surface area contributed by atoms with Crippen LogP contribution in [-0.4, -0.2) is 4.98 Å². The van der Waals surface area contributed by atoms with Crippen LogP contribution in [0.25, 0.3) is 11.3 Å². The summed E-state index contributed by atoms with van der Waals surface area (Å²) in [4.78, 5) is 4.56. The van der Waals surface area contributed by atoms with Crippen LogP contribution < -0.4 is 0 Å². The lowest BCUT2D eigenvalue weighted by atomic mass is 10.1. The fraction of sp³-hybridized carbons (Fsp3) is 0.231. The van der Waals surface area contributed by atoms with E-state index in [4.69, 9.17) is 5.26 Å². The summed E-state index contributed by atoms with van der Waals surface area (Å²) in [6, 6.07) is 9.66. The molecular formula is C13H12N2S. The summed E-state index contributed by atoms with van der Waals surface area (Å²) in [5, 5.41) is 12.0. The van der Waals surface area contributed by atoms with E-state index in [9.17, 15) is 0 Å². The van der Waals surface area contributed by atoms with Gasteiger partial charge in [0.25, 0.3) is 0 Å². The fourth-order valence-corrected chi connectivity index (χ4v) is 2.40. The Hall–Kier alpha value is -1.66. The van der Waals surface area contributed by atoms with E-state index >= 15 is 0 Å². The third-order valence-corrected chi connectivity index (χ3v) is 3.23. The van der Waals surface area contributed by atoms with E-state index in [1.54, 1.807) is 11.3 Å². The van der Waals surface area contributed by atoms with Crippen molar-refractivity contribution in [2.24, 2.45) is 0 Å². The van der Waals surface area contributed by atoms with Gasteiger partial charge in [0.05, 0.1) is 22.3 Å². The van der Waals surface area contributed by atoms with E-state index in [0.29, 0.717) is 5.56 Å². The molecule has 0 unspecified atom stereocenters. The largest absolute Gasteiger partial charge is 0.241 e. The van der Waals surface area contributed by atoms with E-state index < -0.39 is 0 Å². The number of rotatable bonds is 3. The van der Waals surface area contributed by atoms with Crippen LogP contribution in [0.15, 0.2) is 29.6 Å². The van der Waals surface area contributed by atoms with Gasteiger partial charge in [0, 0.05) is 10.9 Å². The van der Waals surface area contributed by atoms with E-state index in [1.807, 2.05) is 24.3 Å². The molecular weight excluding hydrogens is 216 g/mol. The first-order valence-corrected chi connectivity index (χ1v) is 6.16. The zero-order chi connectivity index (χ0) is 11.4. The van der Waals surface area contributed by atoms with Crippen LogP contribution in [0.3, 0.4) is 0 Å². The standard InChI is InChI=1S/C13H12N2S/c1-2-3-13-15-12(9-16-13)11-6-4-10(8-14)5-7-11/h4-7,9H,2-3H2,1H3. The van der Waals surface area contributed by atoms with Gasteiger partial charge in [0.15, 0.2) is 0 Å². The van der Waals surface area contributed by atoms with Gasteiger partial charge >= 0.3 is 0 Å². The van der Waals surface area contributed by atoms with E-state index in [-0.39, 0.29) is 0 Å². The minimum Gasteiger partial charge on any atom is -0.241 e. The van der Waals surface area contributed by atoms with Crippen molar-refractivity contribution >= 4 is 11.3 Å². The van der Waals surface area contributed by atoms with Gasteiger partial charge in [0.1, 0.15) is 0 Å². The number of nitriles is 1. The maximum absolute atomic E-state index is 8.71. The highest BCUT2D eigenvalue weighted by molar-refractivity contribution is 7.09. The van der Waals surface area contributed by atoms with Crippen molar-refractivity contribution in [2.75, 3.05) is 0 Å². The summed E-state index contributed by atoms with van der Waals surface area (Å²) in [6.45, 7) is 2.16. The second kappa shape index (κ2) is 4.91. The Morgan fingerprint density at radius 2 is 2.06 bits per heavy atom. The topological polar surface area (TPSA) is 36.7 Å². The molecule has 0 saturated carbocycles. The molecule has 1 aromatic heterocycles. The molecule has 0 amide bonds. The zero-order valence-electron chi connectivity index (χ0n) is 9.10. The van der Waals surface area contributed by atoms with Gasteiger partial charge in [-0.05, 0) is 25.0 Å². The minimum atomic E-state index is 0.688. The van der Waals surface area contributed by atoms with Gasteiger partial charge in [0.2, 0.25) is 0 Å². The average Bonchev–Trinajstić information content (AvgIpc) is 2.78. The number of nitrogens with zero attached hydrogens (tertiary/aromatic N) is 2. The number of aryl methyl sites for hydroxylation is 1.